The first kappa shape index (κ1) is 17.2. The minimum Gasteiger partial charge on any atom is -0.478 e. The molecule has 0 radical (unpaired) electrons. The minimum absolute atomic E-state index is 0.0878. The second-order valence-electron chi connectivity index (χ2n) is 5.44. The second-order valence-corrected chi connectivity index (χ2v) is 5.44. The maximum absolute atomic E-state index is 11.6. The van der Waals surface area contributed by atoms with Crippen LogP contribution in [0.4, 0.5) is 11.4 Å². The van der Waals surface area contributed by atoms with Gasteiger partial charge in [-0.05, 0) is 24.7 Å². The number of hydrogen-bond acceptors (Lipinski definition) is 5. The summed E-state index contributed by atoms with van der Waals surface area (Å²) in [6.07, 6.45) is 0. The van der Waals surface area contributed by atoms with E-state index in [0.717, 1.165) is 38.4 Å². The highest BCUT2D eigenvalue weighted by atomic mass is 16.5. The molecule has 2 N–H and O–H groups in total. The number of nitrogens with zero attached hydrogens (tertiary/aromatic N) is 2. The van der Waals surface area contributed by atoms with Crippen LogP contribution in [0.5, 0.6) is 0 Å². The summed E-state index contributed by atoms with van der Waals surface area (Å²) in [6.45, 7) is 6.70. The van der Waals surface area contributed by atoms with Crippen LogP contribution in [0, 0.1) is 0 Å². The molecule has 1 heterocycles. The molecule has 23 heavy (non-hydrogen) atoms. The van der Waals surface area contributed by atoms with Crippen molar-refractivity contribution in [1.29, 1.82) is 0 Å². The highest BCUT2D eigenvalue weighted by Crippen LogP contribution is 2.24. The third-order valence-electron chi connectivity index (χ3n) is 3.97. The quantitative estimate of drug-likeness (QED) is 0.817. The fraction of sp³-hybridized carbons (Fsp3) is 0.500. The molecule has 2 rings (SSSR count). The van der Waals surface area contributed by atoms with Gasteiger partial charge in [0.25, 0.3) is 0 Å². The number of methoxy groups -OCH3 is 1. The number of likely N-dealkylation sites (N-methyl/N-ethyl adjacent to an activating group) is 1. The van der Waals surface area contributed by atoms with Crippen LogP contribution in [-0.4, -0.2) is 68.3 Å². The average Bonchev–Trinajstić information content (AvgIpc) is 2.55. The van der Waals surface area contributed by atoms with Crippen molar-refractivity contribution >= 4 is 23.3 Å². The molecule has 0 atom stereocenters. The molecular weight excluding hydrogens is 298 g/mol. The van der Waals surface area contributed by atoms with Gasteiger partial charge in [0.15, 0.2) is 0 Å². The number of carboxylic acids is 1. The van der Waals surface area contributed by atoms with E-state index in [1.807, 2.05) is 6.07 Å². The third-order valence-corrected chi connectivity index (χ3v) is 3.97. The van der Waals surface area contributed by atoms with Crippen LogP contribution in [0.3, 0.4) is 0 Å². The van der Waals surface area contributed by atoms with Crippen LogP contribution in [0.25, 0.3) is 0 Å². The number of nitrogens with one attached hydrogen (secondary N) is 1. The lowest BCUT2D eigenvalue weighted by Gasteiger charge is -2.35. The van der Waals surface area contributed by atoms with E-state index in [1.54, 1.807) is 12.1 Å². The van der Waals surface area contributed by atoms with Crippen LogP contribution in [-0.2, 0) is 9.53 Å². The van der Waals surface area contributed by atoms with Gasteiger partial charge in [-0.2, -0.15) is 0 Å². The zero-order valence-corrected chi connectivity index (χ0v) is 13.5. The Morgan fingerprint density at radius 2 is 1.96 bits per heavy atom. The van der Waals surface area contributed by atoms with E-state index in [4.69, 9.17) is 4.74 Å². The van der Waals surface area contributed by atoms with Crippen molar-refractivity contribution in [3.8, 4) is 0 Å². The summed E-state index contributed by atoms with van der Waals surface area (Å²) in [5.41, 5.74) is 1.24. The standard InChI is InChI=1S/C16H23N3O4/c1-3-18-6-8-19(9-7-18)12-4-5-14(13(10-12)16(21)22)17-15(20)11-23-2/h4-5,10H,3,6-9,11H2,1-2H3,(H,17,20)(H,21,22). The summed E-state index contributed by atoms with van der Waals surface area (Å²) in [4.78, 5) is 27.6. The lowest BCUT2D eigenvalue weighted by Crippen LogP contribution is -2.46. The molecule has 0 aromatic heterocycles. The highest BCUT2D eigenvalue weighted by molar-refractivity contribution is 6.01. The number of anilines is 2. The molecule has 1 saturated heterocycles. The number of amides is 1. The molecule has 0 saturated carbocycles. The van der Waals surface area contributed by atoms with E-state index in [-0.39, 0.29) is 23.8 Å². The lowest BCUT2D eigenvalue weighted by atomic mass is 10.1. The number of carbonyl (C=O) groups excluding carboxylic acids is 1. The van der Waals surface area contributed by atoms with Gasteiger partial charge in [-0.3, -0.25) is 4.79 Å². The van der Waals surface area contributed by atoms with E-state index in [1.165, 1.54) is 7.11 Å². The maximum Gasteiger partial charge on any atom is 0.337 e. The Morgan fingerprint density at radius 1 is 1.26 bits per heavy atom. The SMILES string of the molecule is CCN1CCN(c2ccc(NC(=O)COC)c(C(=O)O)c2)CC1. The molecule has 0 spiro atoms. The van der Waals surface area contributed by atoms with Crippen molar-refractivity contribution in [2.75, 3.05) is 56.7 Å². The second kappa shape index (κ2) is 7.94. The van der Waals surface area contributed by atoms with Gasteiger partial charge >= 0.3 is 5.97 Å². The Bertz CT molecular complexity index is 568. The highest BCUT2D eigenvalue weighted by Gasteiger charge is 2.19. The average molecular weight is 321 g/mol. The largest absolute Gasteiger partial charge is 0.478 e. The van der Waals surface area contributed by atoms with Gasteiger partial charge in [-0.15, -0.1) is 0 Å². The number of carbonyl (C=O) groups is 2. The lowest BCUT2D eigenvalue weighted by molar-refractivity contribution is -0.119. The number of rotatable bonds is 6. The molecule has 1 aliphatic heterocycles. The van der Waals surface area contributed by atoms with Gasteiger partial charge < -0.3 is 25.0 Å². The molecule has 0 unspecified atom stereocenters. The summed E-state index contributed by atoms with van der Waals surface area (Å²) in [7, 11) is 1.41. The molecule has 0 bridgehead atoms. The van der Waals surface area contributed by atoms with E-state index in [9.17, 15) is 14.7 Å². The van der Waals surface area contributed by atoms with Crippen molar-refractivity contribution in [1.82, 2.24) is 4.90 Å². The third kappa shape index (κ3) is 4.43. The minimum atomic E-state index is -1.06. The molecule has 1 amide bonds. The number of hydrogen-bond donors (Lipinski definition) is 2. The van der Waals surface area contributed by atoms with Crippen molar-refractivity contribution < 1.29 is 19.4 Å². The molecule has 7 nitrogen and oxygen atoms in total. The predicted octanol–water partition coefficient (Wildman–Crippen LogP) is 1.11. The van der Waals surface area contributed by atoms with Gasteiger partial charge in [-0.25, -0.2) is 4.79 Å². The molecular formula is C16H23N3O4. The number of benzene rings is 1. The summed E-state index contributed by atoms with van der Waals surface area (Å²) in [5.74, 6) is -1.44. The van der Waals surface area contributed by atoms with Gasteiger partial charge in [0.05, 0.1) is 11.3 Å². The van der Waals surface area contributed by atoms with Crippen LogP contribution >= 0.6 is 0 Å². The Labute approximate surface area is 135 Å². The predicted molar refractivity (Wildman–Crippen MR) is 88.2 cm³/mol. The first-order chi connectivity index (χ1) is 11.0. The Morgan fingerprint density at radius 3 is 2.52 bits per heavy atom. The fourth-order valence-electron chi connectivity index (χ4n) is 2.65. The molecule has 126 valence electrons. The molecule has 1 aromatic carbocycles. The molecule has 1 aliphatic rings. The smallest absolute Gasteiger partial charge is 0.337 e. The van der Waals surface area contributed by atoms with Crippen LogP contribution < -0.4 is 10.2 Å². The van der Waals surface area contributed by atoms with Gasteiger partial charge in [0, 0.05) is 39.0 Å². The maximum atomic E-state index is 11.6. The molecule has 1 fully saturated rings. The summed E-state index contributed by atoms with van der Waals surface area (Å²) >= 11 is 0. The summed E-state index contributed by atoms with van der Waals surface area (Å²) < 4.78 is 4.74. The first-order valence-corrected chi connectivity index (χ1v) is 7.68. The van der Waals surface area contributed by atoms with Gasteiger partial charge in [-0.1, -0.05) is 6.92 Å². The van der Waals surface area contributed by atoms with E-state index in [0.29, 0.717) is 0 Å². The zero-order valence-electron chi connectivity index (χ0n) is 13.5. The van der Waals surface area contributed by atoms with Crippen molar-refractivity contribution in [3.05, 3.63) is 23.8 Å². The van der Waals surface area contributed by atoms with Crippen LogP contribution in [0.1, 0.15) is 17.3 Å². The molecule has 1 aromatic rings. The first-order valence-electron chi connectivity index (χ1n) is 7.68. The van der Waals surface area contributed by atoms with Gasteiger partial charge in [0.1, 0.15) is 6.61 Å². The van der Waals surface area contributed by atoms with Crippen molar-refractivity contribution in [3.63, 3.8) is 0 Å². The van der Waals surface area contributed by atoms with Crippen molar-refractivity contribution in [2.24, 2.45) is 0 Å². The van der Waals surface area contributed by atoms with Gasteiger partial charge in [0.2, 0.25) is 5.91 Å². The number of carboxylic acid groups (broad SMARTS) is 1. The summed E-state index contributed by atoms with van der Waals surface area (Å²) in [6, 6.07) is 5.10. The Kier molecular flexibility index (Phi) is 5.95. The summed E-state index contributed by atoms with van der Waals surface area (Å²) in [5, 5.41) is 12.0. The van der Waals surface area contributed by atoms with Crippen LogP contribution in [0.2, 0.25) is 0 Å². The monoisotopic (exact) mass is 321 g/mol. The number of ether oxygens (including phenoxy) is 1. The fourth-order valence-corrected chi connectivity index (χ4v) is 2.65. The molecule has 7 heteroatoms. The Hall–Kier alpha value is -2.12. The normalized spacial score (nSPS) is 15.5. The topological polar surface area (TPSA) is 82.1 Å². The van der Waals surface area contributed by atoms with E-state index >= 15 is 0 Å². The van der Waals surface area contributed by atoms with E-state index < -0.39 is 5.97 Å². The number of piperazine rings is 1. The number of aromatic carboxylic acids is 1. The zero-order chi connectivity index (χ0) is 16.8. The molecule has 0 aliphatic carbocycles. The Balaban J connectivity index is 2.16. The van der Waals surface area contributed by atoms with Crippen LogP contribution in [0.15, 0.2) is 18.2 Å². The van der Waals surface area contributed by atoms with E-state index in [2.05, 4.69) is 22.0 Å². The van der Waals surface area contributed by atoms with Crippen molar-refractivity contribution in [2.45, 2.75) is 6.92 Å².